The van der Waals surface area contributed by atoms with E-state index in [9.17, 15) is 4.79 Å². The predicted octanol–water partition coefficient (Wildman–Crippen LogP) is 3.78. The molecular weight excluding hydrogens is 336 g/mol. The van der Waals surface area contributed by atoms with Crippen LogP contribution in [0.2, 0.25) is 0 Å². The quantitative estimate of drug-likeness (QED) is 0.528. The number of nitrogens with zero attached hydrogens (tertiary/aromatic N) is 2. The topological polar surface area (TPSA) is 62.7 Å². The number of carbonyl (C=O) groups excluding carboxylic acids is 1. The molecule has 2 aromatic heterocycles. The molecule has 0 aliphatic rings. The number of fused-ring (bicyclic) bond motifs is 1. The van der Waals surface area contributed by atoms with Crippen LogP contribution in [-0.2, 0) is 17.8 Å². The maximum absolute atomic E-state index is 12.3. The van der Waals surface area contributed by atoms with Gasteiger partial charge >= 0.3 is 0 Å². The van der Waals surface area contributed by atoms with Gasteiger partial charge < -0.3 is 14.9 Å². The second-order valence-corrected chi connectivity index (χ2v) is 6.53. The lowest BCUT2D eigenvalue weighted by Gasteiger charge is -2.11. The molecule has 2 heterocycles. The summed E-state index contributed by atoms with van der Waals surface area (Å²) >= 11 is 0. The van der Waals surface area contributed by atoms with E-state index in [-0.39, 0.29) is 5.91 Å². The normalized spacial score (nSPS) is 11.0. The fourth-order valence-corrected chi connectivity index (χ4v) is 3.36. The third kappa shape index (κ3) is 3.92. The summed E-state index contributed by atoms with van der Waals surface area (Å²) in [4.78, 5) is 19.3. The van der Waals surface area contributed by atoms with Gasteiger partial charge in [-0.25, -0.2) is 4.98 Å². The Labute approximate surface area is 158 Å². The number of aromatic nitrogens is 3. The van der Waals surface area contributed by atoms with Crippen LogP contribution in [0.1, 0.15) is 12.1 Å². The van der Waals surface area contributed by atoms with E-state index in [4.69, 9.17) is 0 Å². The molecule has 0 unspecified atom stereocenters. The molecule has 5 heteroatoms. The lowest BCUT2D eigenvalue weighted by molar-refractivity contribution is -0.121. The first-order chi connectivity index (χ1) is 13.3. The molecule has 1 amide bonds. The van der Waals surface area contributed by atoms with E-state index in [0.717, 1.165) is 28.9 Å². The Morgan fingerprint density at radius 1 is 1.07 bits per heavy atom. The Balaban J connectivity index is 1.47. The highest BCUT2D eigenvalue weighted by molar-refractivity contribution is 5.87. The van der Waals surface area contributed by atoms with Crippen LogP contribution >= 0.6 is 0 Å². The maximum Gasteiger partial charge on any atom is 0.221 e. The molecule has 0 radical (unpaired) electrons. The number of amides is 1. The highest BCUT2D eigenvalue weighted by Gasteiger charge is 2.11. The number of imidazole rings is 1. The van der Waals surface area contributed by atoms with Gasteiger partial charge in [0.2, 0.25) is 5.91 Å². The third-order valence-electron chi connectivity index (χ3n) is 4.71. The van der Waals surface area contributed by atoms with Crippen LogP contribution in [0.3, 0.4) is 0 Å². The molecule has 4 rings (SSSR count). The monoisotopic (exact) mass is 358 g/mol. The molecule has 0 saturated heterocycles. The van der Waals surface area contributed by atoms with Crippen LogP contribution in [0.5, 0.6) is 0 Å². The smallest absolute Gasteiger partial charge is 0.221 e. The first-order valence-electron chi connectivity index (χ1n) is 9.19. The van der Waals surface area contributed by atoms with Gasteiger partial charge in [-0.05, 0) is 17.7 Å². The highest BCUT2D eigenvalue weighted by Crippen LogP contribution is 2.28. The SMILES string of the molecule is O=C(CCn1c(-c2ccccc2)cc2ccccc21)NCCc1cnc[nH]1. The zero-order valence-electron chi connectivity index (χ0n) is 15.1. The number of benzene rings is 2. The average Bonchev–Trinajstić information content (AvgIpc) is 3.35. The fraction of sp³-hybridized carbons (Fsp3) is 0.182. The van der Waals surface area contributed by atoms with E-state index in [1.54, 1.807) is 12.5 Å². The molecule has 0 atom stereocenters. The lowest BCUT2D eigenvalue weighted by Crippen LogP contribution is -2.26. The minimum atomic E-state index is 0.0614. The van der Waals surface area contributed by atoms with Crippen molar-refractivity contribution in [1.29, 1.82) is 0 Å². The van der Waals surface area contributed by atoms with E-state index in [2.05, 4.69) is 50.2 Å². The lowest BCUT2D eigenvalue weighted by atomic mass is 10.1. The van der Waals surface area contributed by atoms with Crippen molar-refractivity contribution in [2.45, 2.75) is 19.4 Å². The van der Waals surface area contributed by atoms with Crippen molar-refractivity contribution in [2.75, 3.05) is 6.54 Å². The number of hydrogen-bond donors (Lipinski definition) is 2. The molecule has 0 aliphatic carbocycles. The Hall–Kier alpha value is -3.34. The Morgan fingerprint density at radius 3 is 2.70 bits per heavy atom. The Morgan fingerprint density at radius 2 is 1.89 bits per heavy atom. The number of carbonyl (C=O) groups is 1. The number of rotatable bonds is 7. The second-order valence-electron chi connectivity index (χ2n) is 6.53. The standard InChI is InChI=1S/C22H22N4O/c27-22(24-12-10-19-15-23-16-25-19)11-13-26-20-9-5-4-8-18(20)14-21(26)17-6-2-1-3-7-17/h1-9,14-16H,10-13H2,(H,23,25)(H,24,27). The fourth-order valence-electron chi connectivity index (χ4n) is 3.36. The summed E-state index contributed by atoms with van der Waals surface area (Å²) in [5.74, 6) is 0.0614. The summed E-state index contributed by atoms with van der Waals surface area (Å²) in [6.45, 7) is 1.26. The zero-order valence-corrected chi connectivity index (χ0v) is 15.1. The molecule has 136 valence electrons. The largest absolute Gasteiger partial charge is 0.356 e. The van der Waals surface area contributed by atoms with Crippen molar-refractivity contribution in [3.8, 4) is 11.3 Å². The van der Waals surface area contributed by atoms with Crippen LogP contribution in [0, 0.1) is 0 Å². The molecule has 2 N–H and O–H groups in total. The highest BCUT2D eigenvalue weighted by atomic mass is 16.1. The molecule has 4 aromatic rings. The van der Waals surface area contributed by atoms with E-state index < -0.39 is 0 Å². The first-order valence-corrected chi connectivity index (χ1v) is 9.19. The van der Waals surface area contributed by atoms with Crippen LogP contribution in [0.25, 0.3) is 22.2 Å². The summed E-state index contributed by atoms with van der Waals surface area (Å²) in [6, 6.07) is 20.8. The Bertz CT molecular complexity index is 1020. The number of hydrogen-bond acceptors (Lipinski definition) is 2. The third-order valence-corrected chi connectivity index (χ3v) is 4.71. The van der Waals surface area contributed by atoms with Gasteiger partial charge in [-0.15, -0.1) is 0 Å². The van der Waals surface area contributed by atoms with E-state index >= 15 is 0 Å². The molecule has 0 saturated carbocycles. The van der Waals surface area contributed by atoms with Crippen molar-refractivity contribution in [3.05, 3.63) is 78.9 Å². The average molecular weight is 358 g/mol. The molecule has 2 aromatic carbocycles. The molecule has 0 bridgehead atoms. The second kappa shape index (κ2) is 7.91. The number of para-hydroxylation sites is 1. The van der Waals surface area contributed by atoms with Gasteiger partial charge in [0, 0.05) is 54.4 Å². The summed E-state index contributed by atoms with van der Waals surface area (Å²) in [6.07, 6.45) is 4.64. The van der Waals surface area contributed by atoms with Crippen molar-refractivity contribution < 1.29 is 4.79 Å². The first kappa shape index (κ1) is 17.1. The molecule has 0 fully saturated rings. The molecule has 0 spiro atoms. The van der Waals surface area contributed by atoms with Gasteiger partial charge in [0.05, 0.1) is 6.33 Å². The van der Waals surface area contributed by atoms with Gasteiger partial charge in [-0.3, -0.25) is 4.79 Å². The number of aryl methyl sites for hydroxylation is 1. The van der Waals surface area contributed by atoms with Crippen molar-refractivity contribution in [2.24, 2.45) is 0 Å². The number of aromatic amines is 1. The number of H-pyrrole nitrogens is 1. The van der Waals surface area contributed by atoms with Gasteiger partial charge in [-0.2, -0.15) is 0 Å². The minimum Gasteiger partial charge on any atom is -0.356 e. The van der Waals surface area contributed by atoms with Crippen LogP contribution < -0.4 is 5.32 Å². The summed E-state index contributed by atoms with van der Waals surface area (Å²) in [7, 11) is 0. The maximum atomic E-state index is 12.3. The summed E-state index contributed by atoms with van der Waals surface area (Å²) in [5, 5.41) is 4.18. The van der Waals surface area contributed by atoms with Crippen LogP contribution in [0.15, 0.2) is 73.2 Å². The van der Waals surface area contributed by atoms with Gasteiger partial charge in [0.25, 0.3) is 0 Å². The number of nitrogens with one attached hydrogen (secondary N) is 2. The zero-order chi connectivity index (χ0) is 18.5. The van der Waals surface area contributed by atoms with Crippen LogP contribution in [0.4, 0.5) is 0 Å². The summed E-state index contributed by atoms with van der Waals surface area (Å²) < 4.78 is 2.24. The van der Waals surface area contributed by atoms with Gasteiger partial charge in [0.15, 0.2) is 0 Å². The van der Waals surface area contributed by atoms with Crippen molar-refractivity contribution in [1.82, 2.24) is 19.9 Å². The van der Waals surface area contributed by atoms with E-state index in [0.29, 0.717) is 19.5 Å². The van der Waals surface area contributed by atoms with E-state index in [1.807, 2.05) is 30.3 Å². The predicted molar refractivity (Wildman–Crippen MR) is 107 cm³/mol. The minimum absolute atomic E-state index is 0.0614. The molecular formula is C22H22N4O. The Kier molecular flexibility index (Phi) is 5.01. The summed E-state index contributed by atoms with van der Waals surface area (Å²) in [5.41, 5.74) is 4.48. The van der Waals surface area contributed by atoms with E-state index in [1.165, 1.54) is 5.39 Å². The van der Waals surface area contributed by atoms with Crippen molar-refractivity contribution in [3.63, 3.8) is 0 Å². The van der Waals surface area contributed by atoms with Crippen LogP contribution in [-0.4, -0.2) is 27.0 Å². The molecule has 5 nitrogen and oxygen atoms in total. The van der Waals surface area contributed by atoms with Gasteiger partial charge in [0.1, 0.15) is 0 Å². The van der Waals surface area contributed by atoms with Crippen molar-refractivity contribution >= 4 is 16.8 Å². The molecule has 0 aliphatic heterocycles. The van der Waals surface area contributed by atoms with Gasteiger partial charge in [-0.1, -0.05) is 48.5 Å². The molecule has 27 heavy (non-hydrogen) atoms.